The van der Waals surface area contributed by atoms with Crippen molar-refractivity contribution in [3.05, 3.63) is 17.0 Å². The van der Waals surface area contributed by atoms with E-state index in [9.17, 15) is 5.11 Å². The molecular formula is C16H28N2OS2. The van der Waals surface area contributed by atoms with E-state index in [-0.39, 0.29) is 6.10 Å². The standard InChI is InChI=1S/C16H28N2OS2/c1-4-20-16-6-5-15(21-16)14(19)9-12-18(3)13-7-10-17(2)11-8-13/h5-6,13-14,19H,4,7-12H2,1-3H3. The monoisotopic (exact) mass is 328 g/mol. The van der Waals surface area contributed by atoms with Crippen LogP contribution >= 0.6 is 23.1 Å². The molecular weight excluding hydrogens is 300 g/mol. The van der Waals surface area contributed by atoms with Crippen molar-refractivity contribution < 1.29 is 5.11 Å². The van der Waals surface area contributed by atoms with E-state index in [0.717, 1.165) is 23.6 Å². The van der Waals surface area contributed by atoms with E-state index in [1.807, 2.05) is 11.8 Å². The first kappa shape index (κ1) is 17.3. The highest BCUT2D eigenvalue weighted by atomic mass is 32.2. The maximum Gasteiger partial charge on any atom is 0.0894 e. The van der Waals surface area contributed by atoms with Crippen molar-refractivity contribution in [3.63, 3.8) is 0 Å². The minimum Gasteiger partial charge on any atom is -0.388 e. The Balaban J connectivity index is 1.75. The predicted molar refractivity (Wildman–Crippen MR) is 93.4 cm³/mol. The van der Waals surface area contributed by atoms with Crippen LogP contribution in [0.15, 0.2) is 16.3 Å². The molecule has 5 heteroatoms. The highest BCUT2D eigenvalue weighted by Gasteiger charge is 2.21. The zero-order valence-corrected chi connectivity index (χ0v) is 15.1. The van der Waals surface area contributed by atoms with Crippen LogP contribution in [0.3, 0.4) is 0 Å². The molecule has 0 aromatic carbocycles. The summed E-state index contributed by atoms with van der Waals surface area (Å²) in [7, 11) is 4.40. The molecule has 1 aromatic heterocycles. The summed E-state index contributed by atoms with van der Waals surface area (Å²) in [6, 6.07) is 4.91. The molecule has 120 valence electrons. The molecule has 0 bridgehead atoms. The van der Waals surface area contributed by atoms with Crippen molar-refractivity contribution >= 4 is 23.1 Å². The Labute approximate surface area is 137 Å². The van der Waals surface area contributed by atoms with E-state index in [1.54, 1.807) is 11.3 Å². The molecule has 2 heterocycles. The SMILES string of the molecule is CCSc1ccc(C(O)CCN(C)C2CCN(C)CC2)s1. The second-order valence-electron chi connectivity index (χ2n) is 5.91. The van der Waals surface area contributed by atoms with Crippen LogP contribution in [0, 0.1) is 0 Å². The summed E-state index contributed by atoms with van der Waals surface area (Å²) in [5, 5.41) is 10.4. The molecule has 0 radical (unpaired) electrons. The minimum absolute atomic E-state index is 0.310. The molecule has 0 saturated carbocycles. The summed E-state index contributed by atoms with van der Waals surface area (Å²) < 4.78 is 1.32. The Kier molecular flexibility index (Phi) is 7.02. The van der Waals surface area contributed by atoms with Crippen LogP contribution in [-0.2, 0) is 0 Å². The number of hydrogen-bond acceptors (Lipinski definition) is 5. The molecule has 3 nitrogen and oxygen atoms in total. The molecule has 1 aromatic rings. The van der Waals surface area contributed by atoms with Crippen molar-refractivity contribution in [1.82, 2.24) is 9.80 Å². The average Bonchev–Trinajstić information content (AvgIpc) is 2.94. The molecule has 1 fully saturated rings. The number of likely N-dealkylation sites (tertiary alicyclic amines) is 1. The van der Waals surface area contributed by atoms with Gasteiger partial charge in [0.15, 0.2) is 0 Å². The lowest BCUT2D eigenvalue weighted by Crippen LogP contribution is -2.42. The zero-order chi connectivity index (χ0) is 15.2. The summed E-state index contributed by atoms with van der Waals surface area (Å²) in [4.78, 5) is 5.95. The van der Waals surface area contributed by atoms with E-state index < -0.39 is 0 Å². The quantitative estimate of drug-likeness (QED) is 0.777. The summed E-state index contributed by atoms with van der Waals surface area (Å²) >= 11 is 3.59. The number of piperidine rings is 1. The molecule has 1 unspecified atom stereocenters. The van der Waals surface area contributed by atoms with E-state index in [4.69, 9.17) is 0 Å². The molecule has 1 N–H and O–H groups in total. The third-order valence-corrected chi connectivity index (χ3v) is 6.58. The van der Waals surface area contributed by atoms with Gasteiger partial charge in [-0.25, -0.2) is 0 Å². The Hall–Kier alpha value is -0.0700. The van der Waals surface area contributed by atoms with E-state index in [0.29, 0.717) is 6.04 Å². The van der Waals surface area contributed by atoms with Gasteiger partial charge in [-0.2, -0.15) is 0 Å². The maximum absolute atomic E-state index is 10.4. The van der Waals surface area contributed by atoms with Crippen molar-refractivity contribution in [2.24, 2.45) is 0 Å². The number of aliphatic hydroxyl groups is 1. The second-order valence-corrected chi connectivity index (χ2v) is 8.59. The normalized spacial score (nSPS) is 19.3. The third-order valence-electron chi connectivity index (χ3n) is 4.28. The van der Waals surface area contributed by atoms with Gasteiger partial charge in [0.2, 0.25) is 0 Å². The molecule has 1 saturated heterocycles. The van der Waals surface area contributed by atoms with Crippen molar-refractivity contribution in [2.75, 3.05) is 39.5 Å². The number of thiophene rings is 1. The van der Waals surface area contributed by atoms with Crippen LogP contribution in [0.25, 0.3) is 0 Å². The summed E-state index contributed by atoms with van der Waals surface area (Å²) in [6.07, 6.45) is 3.02. The fourth-order valence-corrected chi connectivity index (χ4v) is 4.90. The molecule has 1 aliphatic rings. The molecule has 1 aliphatic heterocycles. The smallest absolute Gasteiger partial charge is 0.0894 e. The Morgan fingerprint density at radius 1 is 1.43 bits per heavy atom. The van der Waals surface area contributed by atoms with Gasteiger partial charge in [0.05, 0.1) is 10.3 Å². The Bertz CT molecular complexity index is 416. The van der Waals surface area contributed by atoms with Gasteiger partial charge in [0.1, 0.15) is 0 Å². The minimum atomic E-state index is -0.310. The van der Waals surface area contributed by atoms with Gasteiger partial charge in [0, 0.05) is 17.5 Å². The summed E-state index contributed by atoms with van der Waals surface area (Å²) in [5.41, 5.74) is 0. The Morgan fingerprint density at radius 3 is 2.81 bits per heavy atom. The van der Waals surface area contributed by atoms with Gasteiger partial charge in [-0.1, -0.05) is 6.92 Å². The molecule has 0 aliphatic carbocycles. The summed E-state index contributed by atoms with van der Waals surface area (Å²) in [6.45, 7) is 5.53. The van der Waals surface area contributed by atoms with Crippen molar-refractivity contribution in [3.8, 4) is 0 Å². The van der Waals surface area contributed by atoms with Crippen molar-refractivity contribution in [1.29, 1.82) is 0 Å². The molecule has 2 rings (SSSR count). The first-order valence-corrected chi connectivity index (χ1v) is 9.69. The van der Waals surface area contributed by atoms with Crippen LogP contribution in [0.1, 0.15) is 37.2 Å². The van der Waals surface area contributed by atoms with Crippen LogP contribution < -0.4 is 0 Å². The van der Waals surface area contributed by atoms with Gasteiger partial charge in [-0.3, -0.25) is 0 Å². The van der Waals surface area contributed by atoms with Gasteiger partial charge in [-0.15, -0.1) is 23.1 Å². The summed E-state index contributed by atoms with van der Waals surface area (Å²) in [5.74, 6) is 1.09. The lowest BCUT2D eigenvalue weighted by molar-refractivity contribution is 0.111. The lowest BCUT2D eigenvalue weighted by atomic mass is 10.0. The number of thioether (sulfide) groups is 1. The third kappa shape index (κ3) is 5.25. The van der Waals surface area contributed by atoms with Crippen LogP contribution in [0.4, 0.5) is 0 Å². The maximum atomic E-state index is 10.4. The number of hydrogen-bond donors (Lipinski definition) is 1. The molecule has 21 heavy (non-hydrogen) atoms. The highest BCUT2D eigenvalue weighted by molar-refractivity contribution is 8.01. The van der Waals surface area contributed by atoms with Gasteiger partial charge < -0.3 is 14.9 Å². The van der Waals surface area contributed by atoms with Gasteiger partial charge in [-0.05, 0) is 64.3 Å². The van der Waals surface area contributed by atoms with E-state index in [2.05, 4.69) is 43.0 Å². The van der Waals surface area contributed by atoms with E-state index in [1.165, 1.54) is 30.1 Å². The fourth-order valence-electron chi connectivity index (χ4n) is 2.82. The average molecular weight is 329 g/mol. The number of aliphatic hydroxyl groups excluding tert-OH is 1. The largest absolute Gasteiger partial charge is 0.388 e. The number of nitrogens with zero attached hydrogens (tertiary/aromatic N) is 2. The van der Waals surface area contributed by atoms with Crippen LogP contribution in [-0.4, -0.2) is 60.4 Å². The molecule has 0 amide bonds. The molecule has 0 spiro atoms. The van der Waals surface area contributed by atoms with Crippen molar-refractivity contribution in [2.45, 2.75) is 42.5 Å². The topological polar surface area (TPSA) is 26.7 Å². The Morgan fingerprint density at radius 2 is 2.14 bits per heavy atom. The zero-order valence-electron chi connectivity index (χ0n) is 13.4. The van der Waals surface area contributed by atoms with Gasteiger partial charge >= 0.3 is 0 Å². The van der Waals surface area contributed by atoms with Crippen LogP contribution in [0.5, 0.6) is 0 Å². The highest BCUT2D eigenvalue weighted by Crippen LogP contribution is 2.32. The van der Waals surface area contributed by atoms with Gasteiger partial charge in [0.25, 0.3) is 0 Å². The van der Waals surface area contributed by atoms with E-state index >= 15 is 0 Å². The fraction of sp³-hybridized carbons (Fsp3) is 0.750. The first-order chi connectivity index (χ1) is 10.1. The second kappa shape index (κ2) is 8.53. The number of rotatable bonds is 7. The van der Waals surface area contributed by atoms with Crippen LogP contribution in [0.2, 0.25) is 0 Å². The lowest BCUT2D eigenvalue weighted by Gasteiger charge is -2.35. The first-order valence-electron chi connectivity index (χ1n) is 7.89. The molecule has 1 atom stereocenters. The predicted octanol–water partition coefficient (Wildman–Crippen LogP) is 3.31.